The lowest BCUT2D eigenvalue weighted by atomic mass is 10.0. The fourth-order valence-electron chi connectivity index (χ4n) is 2.05. The largest absolute Gasteiger partial charge is 0.382 e. The second kappa shape index (κ2) is 10.3. The van der Waals surface area contributed by atoms with E-state index in [-0.39, 0.29) is 12.4 Å². The zero-order valence-corrected chi connectivity index (χ0v) is 11.0. The molecule has 1 aliphatic heterocycles. The molecule has 1 aliphatic rings. The van der Waals surface area contributed by atoms with Crippen LogP contribution in [-0.2, 0) is 9.47 Å². The number of piperidine rings is 1. The van der Waals surface area contributed by atoms with Crippen LogP contribution in [-0.4, -0.2) is 57.5 Å². The Labute approximate surface area is 105 Å². The van der Waals surface area contributed by atoms with Gasteiger partial charge in [-0.2, -0.15) is 0 Å². The van der Waals surface area contributed by atoms with Gasteiger partial charge in [0, 0.05) is 26.2 Å². The molecule has 2 N–H and O–H groups in total. The van der Waals surface area contributed by atoms with Crippen LogP contribution in [0.5, 0.6) is 0 Å². The van der Waals surface area contributed by atoms with E-state index >= 15 is 0 Å². The number of halogens is 1. The first-order valence-electron chi connectivity index (χ1n) is 5.89. The van der Waals surface area contributed by atoms with Crippen molar-refractivity contribution in [3.05, 3.63) is 0 Å². The SMILES string of the molecule is COCCOCCN1CCCCC1CN.Cl. The number of hydrogen-bond acceptors (Lipinski definition) is 4. The van der Waals surface area contributed by atoms with Crippen molar-refractivity contribution in [3.63, 3.8) is 0 Å². The van der Waals surface area contributed by atoms with Crippen molar-refractivity contribution >= 4 is 12.4 Å². The Bertz CT molecular complexity index is 161. The van der Waals surface area contributed by atoms with Crippen LogP contribution in [0.25, 0.3) is 0 Å². The third-order valence-corrected chi connectivity index (χ3v) is 2.98. The molecule has 0 aromatic rings. The van der Waals surface area contributed by atoms with E-state index in [0.717, 1.165) is 19.7 Å². The van der Waals surface area contributed by atoms with Gasteiger partial charge in [-0.25, -0.2) is 0 Å². The van der Waals surface area contributed by atoms with E-state index in [0.29, 0.717) is 19.3 Å². The molecule has 1 fully saturated rings. The van der Waals surface area contributed by atoms with Crippen LogP contribution in [0.2, 0.25) is 0 Å². The summed E-state index contributed by atoms with van der Waals surface area (Å²) in [6, 6.07) is 0.574. The van der Waals surface area contributed by atoms with E-state index < -0.39 is 0 Å². The number of methoxy groups -OCH3 is 1. The lowest BCUT2D eigenvalue weighted by Crippen LogP contribution is -2.45. The van der Waals surface area contributed by atoms with Crippen LogP contribution >= 0.6 is 12.4 Å². The van der Waals surface area contributed by atoms with E-state index in [2.05, 4.69) is 4.90 Å². The van der Waals surface area contributed by atoms with Crippen molar-refractivity contribution in [1.29, 1.82) is 0 Å². The highest BCUT2D eigenvalue weighted by molar-refractivity contribution is 5.85. The molecule has 0 amide bonds. The van der Waals surface area contributed by atoms with Gasteiger partial charge in [0.25, 0.3) is 0 Å². The van der Waals surface area contributed by atoms with Gasteiger partial charge in [-0.3, -0.25) is 4.90 Å². The number of nitrogens with zero attached hydrogens (tertiary/aromatic N) is 1. The topological polar surface area (TPSA) is 47.7 Å². The minimum Gasteiger partial charge on any atom is -0.382 e. The van der Waals surface area contributed by atoms with Crippen LogP contribution in [0.15, 0.2) is 0 Å². The molecule has 1 rings (SSSR count). The third-order valence-electron chi connectivity index (χ3n) is 2.98. The van der Waals surface area contributed by atoms with Crippen LogP contribution in [0.1, 0.15) is 19.3 Å². The molecule has 0 aromatic heterocycles. The fourth-order valence-corrected chi connectivity index (χ4v) is 2.05. The molecule has 0 aromatic carbocycles. The van der Waals surface area contributed by atoms with Crippen molar-refractivity contribution in [2.45, 2.75) is 25.3 Å². The summed E-state index contributed by atoms with van der Waals surface area (Å²) < 4.78 is 10.4. The number of likely N-dealkylation sites (tertiary alicyclic amines) is 1. The maximum absolute atomic E-state index is 5.74. The molecular weight excluding hydrogens is 228 g/mol. The van der Waals surface area contributed by atoms with E-state index in [1.807, 2.05) is 0 Å². The highest BCUT2D eigenvalue weighted by Crippen LogP contribution is 2.15. The predicted octanol–water partition coefficient (Wildman–Crippen LogP) is 0.884. The smallest absolute Gasteiger partial charge is 0.0700 e. The molecular formula is C11H25ClN2O2. The number of nitrogens with two attached hydrogens (primary N) is 1. The van der Waals surface area contributed by atoms with Crippen LogP contribution < -0.4 is 5.73 Å². The lowest BCUT2D eigenvalue weighted by molar-refractivity contribution is 0.0436. The third kappa shape index (κ3) is 6.01. The van der Waals surface area contributed by atoms with Crippen molar-refractivity contribution < 1.29 is 9.47 Å². The van der Waals surface area contributed by atoms with Gasteiger partial charge in [-0.05, 0) is 19.4 Å². The average Bonchev–Trinajstić information content (AvgIpc) is 2.29. The summed E-state index contributed by atoms with van der Waals surface area (Å²) in [5.41, 5.74) is 5.74. The van der Waals surface area contributed by atoms with Gasteiger partial charge in [0.15, 0.2) is 0 Å². The Kier molecular flexibility index (Phi) is 10.4. The Morgan fingerprint density at radius 3 is 2.75 bits per heavy atom. The van der Waals surface area contributed by atoms with E-state index in [9.17, 15) is 0 Å². The predicted molar refractivity (Wildman–Crippen MR) is 68.2 cm³/mol. The molecule has 0 radical (unpaired) electrons. The monoisotopic (exact) mass is 252 g/mol. The highest BCUT2D eigenvalue weighted by Gasteiger charge is 2.20. The first-order chi connectivity index (χ1) is 7.38. The summed E-state index contributed by atoms with van der Waals surface area (Å²) in [4.78, 5) is 2.45. The zero-order valence-electron chi connectivity index (χ0n) is 10.2. The van der Waals surface area contributed by atoms with Gasteiger partial charge in [-0.15, -0.1) is 12.4 Å². The highest BCUT2D eigenvalue weighted by atomic mass is 35.5. The minimum atomic E-state index is 0. The molecule has 1 atom stereocenters. The van der Waals surface area contributed by atoms with Gasteiger partial charge in [-0.1, -0.05) is 6.42 Å². The van der Waals surface area contributed by atoms with E-state index in [4.69, 9.17) is 15.2 Å². The van der Waals surface area contributed by atoms with Crippen LogP contribution in [0.3, 0.4) is 0 Å². The summed E-state index contributed by atoms with van der Waals surface area (Å²) in [5.74, 6) is 0. The molecule has 0 saturated carbocycles. The Balaban J connectivity index is 0.00000225. The summed E-state index contributed by atoms with van der Waals surface area (Å²) >= 11 is 0. The van der Waals surface area contributed by atoms with Crippen molar-refractivity contribution in [2.24, 2.45) is 5.73 Å². The molecule has 98 valence electrons. The van der Waals surface area contributed by atoms with Crippen molar-refractivity contribution in [2.75, 3.05) is 46.6 Å². The maximum Gasteiger partial charge on any atom is 0.0700 e. The van der Waals surface area contributed by atoms with Crippen molar-refractivity contribution in [3.8, 4) is 0 Å². The molecule has 1 saturated heterocycles. The van der Waals surface area contributed by atoms with E-state index in [1.54, 1.807) is 7.11 Å². The van der Waals surface area contributed by atoms with Gasteiger partial charge < -0.3 is 15.2 Å². The number of hydrogen-bond donors (Lipinski definition) is 1. The first kappa shape index (κ1) is 16.1. The zero-order chi connectivity index (χ0) is 10.9. The number of ether oxygens (including phenoxy) is 2. The maximum atomic E-state index is 5.74. The standard InChI is InChI=1S/C11H24N2O2.ClH/c1-14-8-9-15-7-6-13-5-3-2-4-11(13)10-12;/h11H,2-10,12H2,1H3;1H. The Morgan fingerprint density at radius 1 is 1.25 bits per heavy atom. The quantitative estimate of drug-likeness (QED) is 0.684. The lowest BCUT2D eigenvalue weighted by Gasteiger charge is -2.34. The van der Waals surface area contributed by atoms with Crippen LogP contribution in [0, 0.1) is 0 Å². The van der Waals surface area contributed by atoms with Gasteiger partial charge in [0.05, 0.1) is 19.8 Å². The Morgan fingerprint density at radius 2 is 2.06 bits per heavy atom. The second-order valence-electron chi connectivity index (χ2n) is 4.03. The normalized spacial score (nSPS) is 21.8. The fraction of sp³-hybridized carbons (Fsp3) is 1.00. The molecule has 0 bridgehead atoms. The first-order valence-corrected chi connectivity index (χ1v) is 5.89. The second-order valence-corrected chi connectivity index (χ2v) is 4.03. The van der Waals surface area contributed by atoms with Crippen molar-refractivity contribution in [1.82, 2.24) is 4.90 Å². The molecule has 1 heterocycles. The molecule has 16 heavy (non-hydrogen) atoms. The van der Waals surface area contributed by atoms with Crippen LogP contribution in [0.4, 0.5) is 0 Å². The summed E-state index contributed by atoms with van der Waals surface area (Å²) in [6.07, 6.45) is 3.87. The van der Waals surface area contributed by atoms with Gasteiger partial charge >= 0.3 is 0 Å². The summed E-state index contributed by atoms with van der Waals surface area (Å²) in [5, 5.41) is 0. The summed E-state index contributed by atoms with van der Waals surface area (Å²) in [7, 11) is 1.69. The number of rotatable bonds is 7. The van der Waals surface area contributed by atoms with Gasteiger partial charge in [0.1, 0.15) is 0 Å². The molecule has 0 aliphatic carbocycles. The Hall–Kier alpha value is 0.130. The molecule has 0 spiro atoms. The minimum absolute atomic E-state index is 0. The molecule has 1 unspecified atom stereocenters. The van der Waals surface area contributed by atoms with Gasteiger partial charge in [0.2, 0.25) is 0 Å². The molecule has 5 heteroatoms. The van der Waals surface area contributed by atoms with E-state index in [1.165, 1.54) is 25.8 Å². The molecule has 4 nitrogen and oxygen atoms in total. The summed E-state index contributed by atoms with van der Waals surface area (Å²) in [6.45, 7) is 5.12. The average molecular weight is 253 g/mol.